The molecule has 0 radical (unpaired) electrons. The second-order valence-corrected chi connectivity index (χ2v) is 12.0. The number of aliphatic carboxylic acids is 1. The van der Waals surface area contributed by atoms with Crippen LogP contribution >= 0.6 is 11.6 Å². The standard InChI is InChI=1S/C29H28ClNO7S/c1-17-8-11-19(12-9-17)39(36,37)38-25-13-10-18(30)16-20(25)27-28-21(4-2-6-23(28)32)31(15-14-26(34)35)22-5-3-7-24(33)29(22)27/h8-13,16,27H,2-7,14-15H2,1H3,(H,34,35). The van der Waals surface area contributed by atoms with Crippen molar-refractivity contribution in [3.63, 3.8) is 0 Å². The second-order valence-electron chi connectivity index (χ2n) is 10.0. The summed E-state index contributed by atoms with van der Waals surface area (Å²) < 4.78 is 32.2. The summed E-state index contributed by atoms with van der Waals surface area (Å²) in [4.78, 5) is 40.2. The van der Waals surface area contributed by atoms with Crippen LogP contribution in [0.15, 0.2) is 69.9 Å². The van der Waals surface area contributed by atoms with Gasteiger partial charge in [-0.2, -0.15) is 8.42 Å². The number of benzene rings is 2. The summed E-state index contributed by atoms with van der Waals surface area (Å²) in [5.41, 5.74) is 3.38. The molecule has 0 aromatic heterocycles. The van der Waals surface area contributed by atoms with E-state index in [9.17, 15) is 27.9 Å². The van der Waals surface area contributed by atoms with Crippen molar-refractivity contribution in [1.82, 2.24) is 4.90 Å². The van der Waals surface area contributed by atoms with E-state index in [4.69, 9.17) is 15.8 Å². The van der Waals surface area contributed by atoms with Gasteiger partial charge in [-0.15, -0.1) is 0 Å². The summed E-state index contributed by atoms with van der Waals surface area (Å²) in [7, 11) is -4.24. The van der Waals surface area contributed by atoms with Crippen molar-refractivity contribution in [3.8, 4) is 5.75 Å². The van der Waals surface area contributed by atoms with Gasteiger partial charge >= 0.3 is 16.1 Å². The molecular formula is C29H28ClNO7S. The van der Waals surface area contributed by atoms with Gasteiger partial charge in [0.05, 0.1) is 6.42 Å². The van der Waals surface area contributed by atoms with Crippen molar-refractivity contribution in [1.29, 1.82) is 0 Å². The summed E-state index contributed by atoms with van der Waals surface area (Å²) in [6.45, 7) is 1.98. The minimum absolute atomic E-state index is 0.0144. The highest BCUT2D eigenvalue weighted by Crippen LogP contribution is 2.51. The van der Waals surface area contributed by atoms with Crippen LogP contribution in [0.1, 0.15) is 62.0 Å². The molecule has 5 rings (SSSR count). The Morgan fingerprint density at radius 3 is 2.13 bits per heavy atom. The number of allylic oxidation sites excluding steroid dienone is 4. The molecule has 3 aliphatic rings. The van der Waals surface area contributed by atoms with Gasteiger partial charge in [-0.05, 0) is 62.9 Å². The third-order valence-electron chi connectivity index (χ3n) is 7.43. The summed E-state index contributed by atoms with van der Waals surface area (Å²) in [6.07, 6.45) is 2.69. The van der Waals surface area contributed by atoms with Crippen LogP contribution in [-0.4, -0.2) is 42.5 Å². The fourth-order valence-corrected chi connectivity index (χ4v) is 6.83. The maximum Gasteiger partial charge on any atom is 0.339 e. The molecule has 1 N–H and O–H groups in total. The summed E-state index contributed by atoms with van der Waals surface area (Å²) in [5, 5.41) is 9.67. The Kier molecular flexibility index (Phi) is 7.39. The van der Waals surface area contributed by atoms with Crippen LogP contribution in [0.25, 0.3) is 0 Å². The minimum atomic E-state index is -4.24. The molecule has 0 amide bonds. The van der Waals surface area contributed by atoms with E-state index in [-0.39, 0.29) is 48.0 Å². The molecule has 2 aromatic rings. The lowest BCUT2D eigenvalue weighted by Crippen LogP contribution is -2.40. The van der Waals surface area contributed by atoms with Crippen molar-refractivity contribution < 1.29 is 32.1 Å². The number of nitrogens with zero attached hydrogens (tertiary/aromatic N) is 1. The first kappa shape index (κ1) is 27.1. The van der Waals surface area contributed by atoms with Crippen LogP contribution in [0, 0.1) is 6.92 Å². The molecule has 39 heavy (non-hydrogen) atoms. The van der Waals surface area contributed by atoms with E-state index in [1.165, 1.54) is 24.3 Å². The Labute approximate surface area is 232 Å². The molecule has 8 nitrogen and oxygen atoms in total. The minimum Gasteiger partial charge on any atom is -0.481 e. The molecule has 0 bridgehead atoms. The summed E-state index contributed by atoms with van der Waals surface area (Å²) in [6, 6.07) is 10.8. The molecule has 1 heterocycles. The maximum absolute atomic E-state index is 13.5. The molecule has 2 aromatic carbocycles. The van der Waals surface area contributed by atoms with Gasteiger partial charge in [0.2, 0.25) is 0 Å². The SMILES string of the molecule is Cc1ccc(S(=O)(=O)Oc2ccc(Cl)cc2C2C3=C(CCCC3=O)N(CCC(=O)O)C3=C2C(=O)CCC3)cc1. The van der Waals surface area contributed by atoms with E-state index < -0.39 is 22.0 Å². The number of aryl methyl sites for hydroxylation is 1. The van der Waals surface area contributed by atoms with Crippen molar-refractivity contribution in [2.75, 3.05) is 6.54 Å². The molecule has 0 saturated heterocycles. The number of carboxylic acid groups (broad SMARTS) is 1. The third-order valence-corrected chi connectivity index (χ3v) is 8.91. The number of halogens is 1. The summed E-state index contributed by atoms with van der Waals surface area (Å²) >= 11 is 6.40. The number of ketones is 2. The highest BCUT2D eigenvalue weighted by Gasteiger charge is 2.44. The van der Waals surface area contributed by atoms with Gasteiger partial charge in [0.25, 0.3) is 0 Å². The van der Waals surface area contributed by atoms with Crippen molar-refractivity contribution >= 4 is 39.3 Å². The molecule has 204 valence electrons. The Bertz CT molecular complexity index is 1500. The highest BCUT2D eigenvalue weighted by atomic mass is 35.5. The average molecular weight is 570 g/mol. The first-order valence-corrected chi connectivity index (χ1v) is 14.7. The van der Waals surface area contributed by atoms with Gasteiger partial charge in [0, 0.05) is 58.4 Å². The van der Waals surface area contributed by atoms with Gasteiger partial charge in [-0.3, -0.25) is 14.4 Å². The topological polar surface area (TPSA) is 118 Å². The lowest BCUT2D eigenvalue weighted by Gasteiger charge is -2.44. The molecular weight excluding hydrogens is 542 g/mol. The number of Topliss-reactive ketones (excluding diaryl/α,β-unsaturated/α-hetero) is 2. The van der Waals surface area contributed by atoms with Crippen LogP contribution in [-0.2, 0) is 24.5 Å². The Balaban J connectivity index is 1.69. The lowest BCUT2D eigenvalue weighted by molar-refractivity contribution is -0.137. The number of rotatable bonds is 7. The molecule has 0 spiro atoms. The molecule has 1 aliphatic heterocycles. The lowest BCUT2D eigenvalue weighted by atomic mass is 9.70. The van der Waals surface area contributed by atoms with Crippen molar-refractivity contribution in [2.45, 2.75) is 62.7 Å². The van der Waals surface area contributed by atoms with Crippen LogP contribution < -0.4 is 4.18 Å². The van der Waals surface area contributed by atoms with E-state index in [2.05, 4.69) is 0 Å². The first-order valence-electron chi connectivity index (χ1n) is 12.9. The molecule has 2 aliphatic carbocycles. The summed E-state index contributed by atoms with van der Waals surface area (Å²) in [5.74, 6) is -2.16. The number of carbonyl (C=O) groups excluding carboxylic acids is 2. The van der Waals surface area contributed by atoms with Crippen LogP contribution in [0.3, 0.4) is 0 Å². The predicted octanol–water partition coefficient (Wildman–Crippen LogP) is 5.30. The predicted molar refractivity (Wildman–Crippen MR) is 144 cm³/mol. The molecule has 0 fully saturated rings. The Hall–Kier alpha value is -3.43. The highest BCUT2D eigenvalue weighted by molar-refractivity contribution is 7.87. The molecule has 0 unspecified atom stereocenters. The van der Waals surface area contributed by atoms with Crippen LogP contribution in [0.5, 0.6) is 5.75 Å². The fraction of sp³-hybridized carbons (Fsp3) is 0.345. The number of carboxylic acids is 1. The smallest absolute Gasteiger partial charge is 0.339 e. The van der Waals surface area contributed by atoms with Crippen LogP contribution in [0.4, 0.5) is 0 Å². The van der Waals surface area contributed by atoms with E-state index in [0.717, 1.165) is 5.56 Å². The van der Waals surface area contributed by atoms with Gasteiger partial charge in [0.1, 0.15) is 10.6 Å². The van der Waals surface area contributed by atoms with Gasteiger partial charge in [-0.1, -0.05) is 29.3 Å². The largest absolute Gasteiger partial charge is 0.481 e. The number of carbonyl (C=O) groups is 3. The van der Waals surface area contributed by atoms with Gasteiger partial charge in [0.15, 0.2) is 11.6 Å². The zero-order valence-corrected chi connectivity index (χ0v) is 23.0. The second kappa shape index (κ2) is 10.6. The van der Waals surface area contributed by atoms with Gasteiger partial charge < -0.3 is 14.2 Å². The number of hydrogen-bond acceptors (Lipinski definition) is 7. The normalized spacial score (nSPS) is 18.3. The zero-order chi connectivity index (χ0) is 27.9. The fourth-order valence-electron chi connectivity index (χ4n) is 5.70. The monoisotopic (exact) mass is 569 g/mol. The zero-order valence-electron chi connectivity index (χ0n) is 21.4. The van der Waals surface area contributed by atoms with Crippen LogP contribution in [0.2, 0.25) is 5.02 Å². The Morgan fingerprint density at radius 2 is 1.56 bits per heavy atom. The van der Waals surface area contributed by atoms with E-state index in [0.29, 0.717) is 58.8 Å². The Morgan fingerprint density at radius 1 is 0.974 bits per heavy atom. The number of hydrogen-bond donors (Lipinski definition) is 1. The van der Waals surface area contributed by atoms with E-state index >= 15 is 0 Å². The van der Waals surface area contributed by atoms with Crippen molar-refractivity contribution in [3.05, 3.63) is 81.2 Å². The van der Waals surface area contributed by atoms with Crippen molar-refractivity contribution in [2.24, 2.45) is 0 Å². The van der Waals surface area contributed by atoms with Gasteiger partial charge in [-0.25, -0.2) is 0 Å². The molecule has 0 saturated carbocycles. The third kappa shape index (κ3) is 5.25. The quantitative estimate of drug-likeness (QED) is 0.446. The maximum atomic E-state index is 13.5. The molecule has 0 atom stereocenters. The molecule has 10 heteroatoms. The average Bonchev–Trinajstić information content (AvgIpc) is 2.88. The van der Waals surface area contributed by atoms with E-state index in [1.54, 1.807) is 18.2 Å². The van der Waals surface area contributed by atoms with E-state index in [1.807, 2.05) is 11.8 Å². The first-order chi connectivity index (χ1) is 18.6.